The summed E-state index contributed by atoms with van der Waals surface area (Å²) in [4.78, 5) is 38.4. The molecule has 20 heavy (non-hydrogen) atoms. The Hall–Kier alpha value is -2.03. The third kappa shape index (κ3) is 2.36. The topological polar surface area (TPSA) is 105 Å². The van der Waals surface area contributed by atoms with E-state index in [-0.39, 0.29) is 23.9 Å². The Labute approximate surface area is 122 Å². The summed E-state index contributed by atoms with van der Waals surface area (Å²) >= 11 is 3.22. The fourth-order valence-corrected chi connectivity index (χ4v) is 2.31. The van der Waals surface area contributed by atoms with E-state index >= 15 is 0 Å². The summed E-state index contributed by atoms with van der Waals surface area (Å²) in [5.41, 5.74) is 0.283. The molecule has 0 spiro atoms. The molecule has 1 aliphatic heterocycles. The SMILES string of the molecule is Cc1c([N+](=O)[O-])cnc(N[C@@H]2CC(=O)N(C)C2=O)c1Br. The van der Waals surface area contributed by atoms with Crippen molar-refractivity contribution in [2.45, 2.75) is 19.4 Å². The lowest BCUT2D eigenvalue weighted by Gasteiger charge is -2.13. The Morgan fingerprint density at radius 3 is 2.70 bits per heavy atom. The number of likely N-dealkylation sites (N-methyl/N-ethyl adjacent to an activating group) is 1. The van der Waals surface area contributed by atoms with Gasteiger partial charge in [-0.15, -0.1) is 0 Å². The van der Waals surface area contributed by atoms with Crippen LogP contribution in [0.1, 0.15) is 12.0 Å². The third-order valence-electron chi connectivity index (χ3n) is 3.13. The van der Waals surface area contributed by atoms with Crippen LogP contribution in [0.2, 0.25) is 0 Å². The van der Waals surface area contributed by atoms with Crippen molar-refractivity contribution in [2.75, 3.05) is 12.4 Å². The van der Waals surface area contributed by atoms with Crippen LogP contribution in [0.15, 0.2) is 10.7 Å². The number of carbonyl (C=O) groups is 2. The lowest BCUT2D eigenvalue weighted by atomic mass is 10.2. The molecule has 2 heterocycles. The van der Waals surface area contributed by atoms with Crippen molar-refractivity contribution in [2.24, 2.45) is 0 Å². The van der Waals surface area contributed by atoms with Crippen LogP contribution in [-0.2, 0) is 9.59 Å². The zero-order chi connectivity index (χ0) is 15.0. The summed E-state index contributed by atoms with van der Waals surface area (Å²) in [6, 6.07) is -0.697. The van der Waals surface area contributed by atoms with Gasteiger partial charge >= 0.3 is 0 Å². The van der Waals surface area contributed by atoms with E-state index in [2.05, 4.69) is 26.2 Å². The standard InChI is InChI=1S/C11H11BrN4O4/c1-5-7(16(19)20)4-13-10(9(5)12)14-6-3-8(17)15(2)11(6)18/h4,6H,3H2,1-2H3,(H,13,14)/t6-/m1/s1. The Morgan fingerprint density at radius 1 is 1.55 bits per heavy atom. The monoisotopic (exact) mass is 342 g/mol. The molecule has 0 bridgehead atoms. The molecule has 0 aromatic carbocycles. The number of nitro groups is 1. The van der Waals surface area contributed by atoms with Crippen LogP contribution in [0, 0.1) is 17.0 Å². The summed E-state index contributed by atoms with van der Waals surface area (Å²) in [5, 5.41) is 13.6. The smallest absolute Gasteiger partial charge is 0.291 e. The second-order valence-corrected chi connectivity index (χ2v) is 5.17. The van der Waals surface area contributed by atoms with Gasteiger partial charge in [0.15, 0.2) is 0 Å². The quantitative estimate of drug-likeness (QED) is 0.503. The highest BCUT2D eigenvalue weighted by atomic mass is 79.9. The van der Waals surface area contributed by atoms with Gasteiger partial charge in [0, 0.05) is 12.6 Å². The number of hydrogen-bond donors (Lipinski definition) is 1. The molecule has 2 amide bonds. The minimum Gasteiger partial charge on any atom is -0.357 e. The third-order valence-corrected chi connectivity index (χ3v) is 4.10. The maximum absolute atomic E-state index is 11.8. The van der Waals surface area contributed by atoms with Gasteiger partial charge in [-0.2, -0.15) is 0 Å². The number of halogens is 1. The zero-order valence-corrected chi connectivity index (χ0v) is 12.3. The van der Waals surface area contributed by atoms with Gasteiger partial charge in [0.05, 0.1) is 15.8 Å². The number of rotatable bonds is 3. The van der Waals surface area contributed by atoms with E-state index in [1.54, 1.807) is 6.92 Å². The van der Waals surface area contributed by atoms with Gasteiger partial charge in [0.1, 0.15) is 18.1 Å². The molecule has 1 atom stereocenters. The van der Waals surface area contributed by atoms with Crippen LogP contribution >= 0.6 is 15.9 Å². The largest absolute Gasteiger partial charge is 0.357 e. The summed E-state index contributed by atoms with van der Waals surface area (Å²) in [6.07, 6.45) is 1.16. The molecule has 1 fully saturated rings. The molecular formula is C11H11BrN4O4. The van der Waals surface area contributed by atoms with Gasteiger partial charge in [0.25, 0.3) is 11.6 Å². The van der Waals surface area contributed by atoms with Crippen LogP contribution in [0.25, 0.3) is 0 Å². The maximum atomic E-state index is 11.8. The van der Waals surface area contributed by atoms with E-state index in [1.807, 2.05) is 0 Å². The lowest BCUT2D eigenvalue weighted by Crippen LogP contribution is -2.32. The van der Waals surface area contributed by atoms with E-state index < -0.39 is 11.0 Å². The Balaban J connectivity index is 2.28. The Morgan fingerprint density at radius 2 is 2.20 bits per heavy atom. The molecule has 1 N–H and O–H groups in total. The van der Waals surface area contributed by atoms with Crippen molar-refractivity contribution < 1.29 is 14.5 Å². The molecule has 9 heteroatoms. The first kappa shape index (κ1) is 14.4. The Bertz CT molecular complexity index is 619. The first-order valence-electron chi connectivity index (χ1n) is 5.69. The number of nitrogens with zero attached hydrogens (tertiary/aromatic N) is 3. The molecule has 8 nitrogen and oxygen atoms in total. The average Bonchev–Trinajstić information content (AvgIpc) is 2.62. The zero-order valence-electron chi connectivity index (χ0n) is 10.7. The molecule has 106 valence electrons. The minimum atomic E-state index is -0.697. The number of pyridine rings is 1. The predicted octanol–water partition coefficient (Wildman–Crippen LogP) is 1.23. The first-order chi connectivity index (χ1) is 9.32. The number of likely N-dealkylation sites (tertiary alicyclic amines) is 1. The van der Waals surface area contributed by atoms with E-state index in [0.717, 1.165) is 11.1 Å². The van der Waals surface area contributed by atoms with E-state index in [4.69, 9.17) is 0 Å². The van der Waals surface area contributed by atoms with Crippen molar-refractivity contribution >= 4 is 39.2 Å². The summed E-state index contributed by atoms with van der Waals surface area (Å²) in [6.45, 7) is 1.57. The highest BCUT2D eigenvalue weighted by Crippen LogP contribution is 2.31. The molecule has 2 rings (SSSR count). The number of aromatic nitrogens is 1. The van der Waals surface area contributed by atoms with Crippen molar-refractivity contribution in [3.8, 4) is 0 Å². The van der Waals surface area contributed by atoms with E-state index in [9.17, 15) is 19.7 Å². The molecule has 1 aliphatic rings. The van der Waals surface area contributed by atoms with Crippen LogP contribution in [0.5, 0.6) is 0 Å². The first-order valence-corrected chi connectivity index (χ1v) is 6.48. The van der Waals surface area contributed by atoms with Crippen molar-refractivity contribution in [3.63, 3.8) is 0 Å². The normalized spacial score (nSPS) is 18.6. The minimum absolute atomic E-state index is 0.0412. The van der Waals surface area contributed by atoms with Crippen LogP contribution < -0.4 is 5.32 Å². The molecule has 0 saturated carbocycles. The highest BCUT2D eigenvalue weighted by Gasteiger charge is 2.36. The molecule has 1 aromatic heterocycles. The van der Waals surface area contributed by atoms with E-state index in [1.165, 1.54) is 7.05 Å². The van der Waals surface area contributed by atoms with Crippen LogP contribution in [-0.4, -0.2) is 39.7 Å². The van der Waals surface area contributed by atoms with Gasteiger partial charge in [0.2, 0.25) is 5.91 Å². The van der Waals surface area contributed by atoms with Gasteiger partial charge in [-0.25, -0.2) is 4.98 Å². The predicted molar refractivity (Wildman–Crippen MR) is 73.1 cm³/mol. The Kier molecular flexibility index (Phi) is 3.71. The van der Waals surface area contributed by atoms with Crippen LogP contribution in [0.3, 0.4) is 0 Å². The number of amides is 2. The fraction of sp³-hybridized carbons (Fsp3) is 0.364. The second-order valence-electron chi connectivity index (χ2n) is 4.38. The van der Waals surface area contributed by atoms with Gasteiger partial charge in [-0.3, -0.25) is 24.6 Å². The number of carbonyl (C=O) groups excluding carboxylic acids is 2. The molecular weight excluding hydrogens is 332 g/mol. The number of imide groups is 1. The lowest BCUT2D eigenvalue weighted by molar-refractivity contribution is -0.385. The molecule has 0 aliphatic carbocycles. The number of hydrogen-bond acceptors (Lipinski definition) is 6. The summed E-state index contributed by atoms with van der Waals surface area (Å²) < 4.78 is 0.404. The summed E-state index contributed by atoms with van der Waals surface area (Å²) in [7, 11) is 1.41. The molecule has 0 unspecified atom stereocenters. The van der Waals surface area contributed by atoms with Crippen molar-refractivity contribution in [1.82, 2.24) is 9.88 Å². The van der Waals surface area contributed by atoms with Gasteiger partial charge in [-0.05, 0) is 22.9 Å². The van der Waals surface area contributed by atoms with Crippen LogP contribution in [0.4, 0.5) is 11.5 Å². The van der Waals surface area contributed by atoms with Gasteiger partial charge < -0.3 is 5.32 Å². The number of nitrogens with one attached hydrogen (secondary N) is 1. The second kappa shape index (κ2) is 5.16. The molecule has 1 saturated heterocycles. The maximum Gasteiger partial charge on any atom is 0.291 e. The summed E-state index contributed by atoms with van der Waals surface area (Å²) in [5.74, 6) is -0.323. The van der Waals surface area contributed by atoms with Gasteiger partial charge in [-0.1, -0.05) is 0 Å². The average molecular weight is 343 g/mol. The fourth-order valence-electron chi connectivity index (χ4n) is 1.89. The van der Waals surface area contributed by atoms with E-state index in [0.29, 0.717) is 15.9 Å². The molecule has 1 aromatic rings. The number of anilines is 1. The van der Waals surface area contributed by atoms with Crippen molar-refractivity contribution in [3.05, 3.63) is 26.3 Å². The van der Waals surface area contributed by atoms with Crippen molar-refractivity contribution in [1.29, 1.82) is 0 Å². The molecule has 0 radical (unpaired) electrons. The highest BCUT2D eigenvalue weighted by molar-refractivity contribution is 9.10.